The lowest BCUT2D eigenvalue weighted by molar-refractivity contribution is 0.834. The summed E-state index contributed by atoms with van der Waals surface area (Å²) in [6.07, 6.45) is 2.05. The quantitative estimate of drug-likeness (QED) is 0.569. The van der Waals surface area contributed by atoms with Gasteiger partial charge in [-0.1, -0.05) is 45.9 Å². The molecule has 0 aliphatic heterocycles. The number of anilines is 1. The van der Waals surface area contributed by atoms with Crippen LogP contribution in [0, 0.1) is 11.3 Å². The van der Waals surface area contributed by atoms with Crippen molar-refractivity contribution >= 4 is 17.1 Å². The highest BCUT2D eigenvalue weighted by Crippen LogP contribution is 2.34. The molecule has 0 saturated carbocycles. The van der Waals surface area contributed by atoms with Gasteiger partial charge >= 0.3 is 0 Å². The van der Waals surface area contributed by atoms with Crippen molar-refractivity contribution in [3.05, 3.63) is 70.9 Å². The molecule has 0 aliphatic rings. The number of benzene rings is 2. The lowest BCUT2D eigenvalue weighted by Crippen LogP contribution is -2.00. The first kappa shape index (κ1) is 20.5. The minimum atomic E-state index is 0.428. The standard InChI is InChI=1S/C24H29N3/c1-16(2)22-8-7-9-23(17(3)4)24(22)27-19(6)14-18(5)26-21-12-10-20(15-25)11-13-21/h7-14,16-17,26H,1-6H3/b18-14+,27-19?. The van der Waals surface area contributed by atoms with Crippen molar-refractivity contribution in [2.75, 3.05) is 5.32 Å². The molecule has 0 atom stereocenters. The predicted molar refractivity (Wildman–Crippen MR) is 116 cm³/mol. The van der Waals surface area contributed by atoms with Crippen LogP contribution in [0.2, 0.25) is 0 Å². The van der Waals surface area contributed by atoms with E-state index < -0.39 is 0 Å². The SMILES string of the molecule is CC(/C=C(\C)Nc1ccc(C#N)cc1)=Nc1c(C(C)C)cccc1C(C)C. The van der Waals surface area contributed by atoms with Gasteiger partial charge in [0.1, 0.15) is 0 Å². The van der Waals surface area contributed by atoms with E-state index in [1.165, 1.54) is 11.1 Å². The molecular formula is C24H29N3. The Labute approximate surface area is 163 Å². The lowest BCUT2D eigenvalue weighted by atomic mass is 9.93. The second kappa shape index (κ2) is 9.19. The normalized spacial score (nSPS) is 12.4. The molecule has 0 fully saturated rings. The summed E-state index contributed by atoms with van der Waals surface area (Å²) in [4.78, 5) is 4.97. The van der Waals surface area contributed by atoms with Crippen molar-refractivity contribution in [3.8, 4) is 6.07 Å². The number of hydrogen-bond acceptors (Lipinski definition) is 3. The van der Waals surface area contributed by atoms with E-state index in [2.05, 4.69) is 63.4 Å². The number of para-hydroxylation sites is 1. The van der Waals surface area contributed by atoms with Crippen LogP contribution in [0.25, 0.3) is 0 Å². The van der Waals surface area contributed by atoms with Crippen LogP contribution in [0.1, 0.15) is 70.1 Å². The van der Waals surface area contributed by atoms with Crippen molar-refractivity contribution in [1.29, 1.82) is 5.26 Å². The van der Waals surface area contributed by atoms with Gasteiger partial charge < -0.3 is 5.32 Å². The Morgan fingerprint density at radius 3 is 2.00 bits per heavy atom. The molecule has 0 saturated heterocycles. The second-order valence-corrected chi connectivity index (χ2v) is 7.49. The first-order valence-corrected chi connectivity index (χ1v) is 9.45. The van der Waals surface area contributed by atoms with Crippen LogP contribution in [0.4, 0.5) is 11.4 Å². The highest BCUT2D eigenvalue weighted by Gasteiger charge is 2.13. The molecule has 2 rings (SSSR count). The zero-order chi connectivity index (χ0) is 20.0. The summed E-state index contributed by atoms with van der Waals surface area (Å²) in [5, 5.41) is 12.3. The van der Waals surface area contributed by atoms with Crippen LogP contribution in [-0.4, -0.2) is 5.71 Å². The third-order valence-corrected chi connectivity index (χ3v) is 4.41. The molecule has 1 N–H and O–H groups in total. The summed E-state index contributed by atoms with van der Waals surface area (Å²) < 4.78 is 0. The molecule has 140 valence electrons. The van der Waals surface area contributed by atoms with Crippen molar-refractivity contribution in [2.24, 2.45) is 4.99 Å². The zero-order valence-corrected chi connectivity index (χ0v) is 17.2. The van der Waals surface area contributed by atoms with E-state index in [-0.39, 0.29) is 0 Å². The highest BCUT2D eigenvalue weighted by atomic mass is 14.9. The topological polar surface area (TPSA) is 48.2 Å². The Hall–Kier alpha value is -2.86. The Morgan fingerprint density at radius 2 is 1.52 bits per heavy atom. The van der Waals surface area contributed by atoms with E-state index in [0.717, 1.165) is 22.8 Å². The number of aliphatic imine (C=N–C) groups is 1. The second-order valence-electron chi connectivity index (χ2n) is 7.49. The maximum Gasteiger partial charge on any atom is 0.0991 e. The molecule has 2 aromatic rings. The molecule has 0 unspecified atom stereocenters. The fourth-order valence-electron chi connectivity index (χ4n) is 3.05. The predicted octanol–water partition coefficient (Wildman–Crippen LogP) is 6.91. The third kappa shape index (κ3) is 5.56. The molecular weight excluding hydrogens is 330 g/mol. The molecule has 27 heavy (non-hydrogen) atoms. The molecule has 0 aliphatic carbocycles. The molecule has 3 heteroatoms. The molecule has 0 amide bonds. The van der Waals surface area contributed by atoms with E-state index in [4.69, 9.17) is 10.3 Å². The van der Waals surface area contributed by atoms with Gasteiger partial charge in [-0.05, 0) is 67.2 Å². The van der Waals surface area contributed by atoms with E-state index in [0.29, 0.717) is 17.4 Å². The maximum absolute atomic E-state index is 8.89. The van der Waals surface area contributed by atoms with Gasteiger partial charge in [0.15, 0.2) is 0 Å². The number of allylic oxidation sites excluding steroid dienone is 2. The van der Waals surface area contributed by atoms with Crippen molar-refractivity contribution in [1.82, 2.24) is 0 Å². The van der Waals surface area contributed by atoms with Crippen molar-refractivity contribution < 1.29 is 0 Å². The van der Waals surface area contributed by atoms with Crippen LogP contribution in [0.15, 0.2) is 59.2 Å². The number of nitrogens with zero attached hydrogens (tertiary/aromatic N) is 2. The monoisotopic (exact) mass is 359 g/mol. The summed E-state index contributed by atoms with van der Waals surface area (Å²) in [6.45, 7) is 12.9. The first-order chi connectivity index (χ1) is 12.8. The average molecular weight is 360 g/mol. The largest absolute Gasteiger partial charge is 0.359 e. The summed E-state index contributed by atoms with van der Waals surface area (Å²) >= 11 is 0. The van der Waals surface area contributed by atoms with E-state index >= 15 is 0 Å². The van der Waals surface area contributed by atoms with Gasteiger partial charge in [-0.15, -0.1) is 0 Å². The molecule has 0 spiro atoms. The first-order valence-electron chi connectivity index (χ1n) is 9.45. The van der Waals surface area contributed by atoms with Crippen LogP contribution >= 0.6 is 0 Å². The van der Waals surface area contributed by atoms with Gasteiger partial charge in [-0.3, -0.25) is 4.99 Å². The molecule has 0 radical (unpaired) electrons. The van der Waals surface area contributed by atoms with Gasteiger partial charge in [-0.2, -0.15) is 5.26 Å². The minimum absolute atomic E-state index is 0.428. The average Bonchev–Trinajstić information content (AvgIpc) is 2.61. The summed E-state index contributed by atoms with van der Waals surface area (Å²) in [5.74, 6) is 0.856. The number of nitriles is 1. The third-order valence-electron chi connectivity index (χ3n) is 4.41. The maximum atomic E-state index is 8.89. The van der Waals surface area contributed by atoms with Crippen LogP contribution in [-0.2, 0) is 0 Å². The van der Waals surface area contributed by atoms with Gasteiger partial charge in [0.2, 0.25) is 0 Å². The molecule has 0 aromatic heterocycles. The molecule has 3 nitrogen and oxygen atoms in total. The Balaban J connectivity index is 2.30. The zero-order valence-electron chi connectivity index (χ0n) is 17.2. The molecule has 2 aromatic carbocycles. The fourth-order valence-corrected chi connectivity index (χ4v) is 3.05. The van der Waals surface area contributed by atoms with E-state index in [1.807, 2.05) is 38.1 Å². The van der Waals surface area contributed by atoms with Gasteiger partial charge in [-0.25, -0.2) is 0 Å². The Bertz CT molecular complexity index is 853. The minimum Gasteiger partial charge on any atom is -0.359 e. The van der Waals surface area contributed by atoms with Crippen LogP contribution in [0.3, 0.4) is 0 Å². The molecule has 0 bridgehead atoms. The van der Waals surface area contributed by atoms with Crippen molar-refractivity contribution in [2.45, 2.75) is 53.4 Å². The summed E-state index contributed by atoms with van der Waals surface area (Å²) in [7, 11) is 0. The lowest BCUT2D eigenvalue weighted by Gasteiger charge is -2.17. The van der Waals surface area contributed by atoms with Gasteiger partial charge in [0, 0.05) is 17.1 Å². The van der Waals surface area contributed by atoms with Gasteiger partial charge in [0.25, 0.3) is 0 Å². The van der Waals surface area contributed by atoms with E-state index in [9.17, 15) is 0 Å². The summed E-state index contributed by atoms with van der Waals surface area (Å²) in [5.41, 5.74) is 7.26. The fraction of sp³-hybridized carbons (Fsp3) is 0.333. The van der Waals surface area contributed by atoms with Crippen LogP contribution in [0.5, 0.6) is 0 Å². The van der Waals surface area contributed by atoms with Crippen molar-refractivity contribution in [3.63, 3.8) is 0 Å². The van der Waals surface area contributed by atoms with Gasteiger partial charge in [0.05, 0.1) is 17.3 Å². The van der Waals surface area contributed by atoms with Crippen LogP contribution < -0.4 is 5.32 Å². The summed E-state index contributed by atoms with van der Waals surface area (Å²) in [6, 6.07) is 16.1. The number of nitrogens with one attached hydrogen (secondary N) is 1. The molecule has 0 heterocycles. The Morgan fingerprint density at radius 1 is 0.963 bits per heavy atom. The van der Waals surface area contributed by atoms with E-state index in [1.54, 1.807) is 0 Å². The smallest absolute Gasteiger partial charge is 0.0991 e. The number of hydrogen-bond donors (Lipinski definition) is 1. The highest BCUT2D eigenvalue weighted by molar-refractivity contribution is 5.96. The Kier molecular flexibility index (Phi) is 6.96. The number of rotatable bonds is 6.